The molecule has 0 spiro atoms. The predicted molar refractivity (Wildman–Crippen MR) is 77.6 cm³/mol. The highest BCUT2D eigenvalue weighted by Crippen LogP contribution is 2.17. The number of carbonyl (C=O) groups is 1. The van der Waals surface area contributed by atoms with E-state index in [1.54, 1.807) is 19.1 Å². The maximum absolute atomic E-state index is 11.9. The zero-order valence-electron chi connectivity index (χ0n) is 12.2. The van der Waals surface area contributed by atoms with Crippen molar-refractivity contribution in [1.82, 2.24) is 10.2 Å². The fourth-order valence-electron chi connectivity index (χ4n) is 1.73. The van der Waals surface area contributed by atoms with Gasteiger partial charge in [-0.15, -0.1) is 0 Å². The normalized spacial score (nSPS) is 12.5. The van der Waals surface area contributed by atoms with Crippen LogP contribution in [0.3, 0.4) is 0 Å². The van der Waals surface area contributed by atoms with Crippen LogP contribution in [0.4, 0.5) is 0 Å². The molecule has 1 rings (SSSR count). The van der Waals surface area contributed by atoms with Gasteiger partial charge in [0.05, 0.1) is 0 Å². The molecule has 4 heteroatoms. The van der Waals surface area contributed by atoms with Crippen molar-refractivity contribution in [3.8, 4) is 5.75 Å². The van der Waals surface area contributed by atoms with Crippen molar-refractivity contribution in [1.29, 1.82) is 0 Å². The summed E-state index contributed by atoms with van der Waals surface area (Å²) in [6.45, 7) is 7.54. The second kappa shape index (κ2) is 7.14. The maximum atomic E-state index is 11.9. The van der Waals surface area contributed by atoms with Gasteiger partial charge in [-0.25, -0.2) is 0 Å². The van der Waals surface area contributed by atoms with E-state index in [4.69, 9.17) is 0 Å². The van der Waals surface area contributed by atoms with Crippen molar-refractivity contribution in [3.05, 3.63) is 29.3 Å². The lowest BCUT2D eigenvalue weighted by molar-refractivity contribution is 0.0947. The molecule has 0 aliphatic carbocycles. The van der Waals surface area contributed by atoms with Gasteiger partial charge in [0, 0.05) is 24.7 Å². The number of likely N-dealkylation sites (N-methyl/N-ethyl adjacent to an activating group) is 1. The standard InChI is InChI=1S/C15H24N2O2/c1-5-12(3)17(4)9-8-16-15(19)13-7-6-11(2)14(18)10-13/h6-7,10,12,18H,5,8-9H2,1-4H3,(H,16,19). The Bertz CT molecular complexity index is 432. The molecular formula is C15H24N2O2. The molecule has 2 N–H and O–H groups in total. The van der Waals surface area contributed by atoms with E-state index in [-0.39, 0.29) is 11.7 Å². The van der Waals surface area contributed by atoms with E-state index in [0.29, 0.717) is 18.2 Å². The fourth-order valence-corrected chi connectivity index (χ4v) is 1.73. The van der Waals surface area contributed by atoms with Gasteiger partial charge in [0.15, 0.2) is 0 Å². The second-order valence-corrected chi connectivity index (χ2v) is 5.00. The van der Waals surface area contributed by atoms with E-state index < -0.39 is 0 Å². The molecule has 0 radical (unpaired) electrons. The summed E-state index contributed by atoms with van der Waals surface area (Å²) in [6, 6.07) is 5.49. The van der Waals surface area contributed by atoms with Gasteiger partial charge in [0.1, 0.15) is 5.75 Å². The molecule has 0 aromatic heterocycles. The van der Waals surface area contributed by atoms with Crippen LogP contribution in [0.2, 0.25) is 0 Å². The quantitative estimate of drug-likeness (QED) is 0.828. The number of phenols is 1. The number of hydrogen-bond acceptors (Lipinski definition) is 3. The van der Waals surface area contributed by atoms with Gasteiger partial charge in [0.25, 0.3) is 5.91 Å². The van der Waals surface area contributed by atoms with Crippen molar-refractivity contribution in [2.24, 2.45) is 0 Å². The first kappa shape index (κ1) is 15.5. The van der Waals surface area contributed by atoms with Gasteiger partial charge < -0.3 is 15.3 Å². The molecular weight excluding hydrogens is 240 g/mol. The number of aromatic hydroxyl groups is 1. The molecule has 1 unspecified atom stereocenters. The van der Waals surface area contributed by atoms with Crippen LogP contribution in [-0.4, -0.2) is 42.1 Å². The second-order valence-electron chi connectivity index (χ2n) is 5.00. The Balaban J connectivity index is 2.45. The highest BCUT2D eigenvalue weighted by atomic mass is 16.3. The highest BCUT2D eigenvalue weighted by Gasteiger charge is 2.09. The molecule has 1 aromatic rings. The van der Waals surface area contributed by atoms with Gasteiger partial charge in [0.2, 0.25) is 0 Å². The zero-order valence-corrected chi connectivity index (χ0v) is 12.2. The summed E-state index contributed by atoms with van der Waals surface area (Å²) >= 11 is 0. The first-order chi connectivity index (χ1) is 8.95. The van der Waals surface area contributed by atoms with Crippen LogP contribution in [0.15, 0.2) is 18.2 Å². The van der Waals surface area contributed by atoms with Crippen LogP contribution in [0, 0.1) is 6.92 Å². The zero-order chi connectivity index (χ0) is 14.4. The lowest BCUT2D eigenvalue weighted by Crippen LogP contribution is -2.37. The maximum Gasteiger partial charge on any atom is 0.251 e. The SMILES string of the molecule is CCC(C)N(C)CCNC(=O)c1ccc(C)c(O)c1. The molecule has 106 valence electrons. The third kappa shape index (κ3) is 4.56. The van der Waals surface area contributed by atoms with Crippen LogP contribution in [0.25, 0.3) is 0 Å². The summed E-state index contributed by atoms with van der Waals surface area (Å²) in [5.74, 6) is 0.0113. The molecule has 1 aromatic carbocycles. The molecule has 1 atom stereocenters. The number of nitrogens with one attached hydrogen (secondary N) is 1. The van der Waals surface area contributed by atoms with Crippen molar-refractivity contribution in [3.63, 3.8) is 0 Å². The topological polar surface area (TPSA) is 52.6 Å². The van der Waals surface area contributed by atoms with Gasteiger partial charge >= 0.3 is 0 Å². The Hall–Kier alpha value is -1.55. The first-order valence-electron chi connectivity index (χ1n) is 6.73. The summed E-state index contributed by atoms with van der Waals surface area (Å²) in [7, 11) is 2.05. The molecule has 0 saturated carbocycles. The average molecular weight is 264 g/mol. The fraction of sp³-hybridized carbons (Fsp3) is 0.533. The van der Waals surface area contributed by atoms with E-state index in [0.717, 1.165) is 18.5 Å². The van der Waals surface area contributed by atoms with Crippen LogP contribution >= 0.6 is 0 Å². The Labute approximate surface area is 115 Å². The third-order valence-electron chi connectivity index (χ3n) is 3.56. The molecule has 0 heterocycles. The van der Waals surface area contributed by atoms with Crippen molar-refractivity contribution in [2.45, 2.75) is 33.2 Å². The van der Waals surface area contributed by atoms with Crippen LogP contribution < -0.4 is 5.32 Å². The van der Waals surface area contributed by atoms with Gasteiger partial charge in [-0.3, -0.25) is 4.79 Å². The predicted octanol–water partition coefficient (Wildman–Crippen LogP) is 2.16. The molecule has 0 fully saturated rings. The number of rotatable bonds is 6. The van der Waals surface area contributed by atoms with E-state index in [1.165, 1.54) is 6.07 Å². The molecule has 0 aliphatic heterocycles. The van der Waals surface area contributed by atoms with Gasteiger partial charge in [-0.1, -0.05) is 13.0 Å². The van der Waals surface area contributed by atoms with E-state index in [1.807, 2.05) is 0 Å². The van der Waals surface area contributed by atoms with Crippen molar-refractivity contribution >= 4 is 5.91 Å². The number of carbonyl (C=O) groups excluding carboxylic acids is 1. The average Bonchev–Trinajstić information content (AvgIpc) is 2.40. The molecule has 4 nitrogen and oxygen atoms in total. The number of nitrogens with zero attached hydrogens (tertiary/aromatic N) is 1. The molecule has 0 aliphatic rings. The minimum absolute atomic E-state index is 0.146. The Morgan fingerprint density at radius 1 is 1.47 bits per heavy atom. The minimum atomic E-state index is -0.146. The third-order valence-corrected chi connectivity index (χ3v) is 3.56. The van der Waals surface area contributed by atoms with Crippen molar-refractivity contribution in [2.75, 3.05) is 20.1 Å². The van der Waals surface area contributed by atoms with Gasteiger partial charge in [-0.2, -0.15) is 0 Å². The Kier molecular flexibility index (Phi) is 5.83. The summed E-state index contributed by atoms with van der Waals surface area (Å²) in [4.78, 5) is 14.1. The molecule has 0 saturated heterocycles. The highest BCUT2D eigenvalue weighted by molar-refractivity contribution is 5.94. The molecule has 0 bridgehead atoms. The van der Waals surface area contributed by atoms with E-state index >= 15 is 0 Å². The summed E-state index contributed by atoms with van der Waals surface area (Å²) in [5.41, 5.74) is 1.27. The lowest BCUT2D eigenvalue weighted by Gasteiger charge is -2.23. The monoisotopic (exact) mass is 264 g/mol. The number of aryl methyl sites for hydroxylation is 1. The molecule has 19 heavy (non-hydrogen) atoms. The Morgan fingerprint density at radius 2 is 2.16 bits per heavy atom. The number of amides is 1. The minimum Gasteiger partial charge on any atom is -0.508 e. The Morgan fingerprint density at radius 3 is 2.74 bits per heavy atom. The van der Waals surface area contributed by atoms with Crippen LogP contribution in [-0.2, 0) is 0 Å². The summed E-state index contributed by atoms with van der Waals surface area (Å²) < 4.78 is 0. The number of phenolic OH excluding ortho intramolecular Hbond substituents is 1. The van der Waals surface area contributed by atoms with Crippen LogP contribution in [0.1, 0.15) is 36.2 Å². The smallest absolute Gasteiger partial charge is 0.251 e. The van der Waals surface area contributed by atoms with Gasteiger partial charge in [-0.05, 0) is 45.0 Å². The van der Waals surface area contributed by atoms with E-state index in [9.17, 15) is 9.90 Å². The largest absolute Gasteiger partial charge is 0.508 e. The summed E-state index contributed by atoms with van der Waals surface area (Å²) in [5, 5.41) is 12.4. The number of hydrogen-bond donors (Lipinski definition) is 2. The van der Waals surface area contributed by atoms with E-state index in [2.05, 4.69) is 31.1 Å². The first-order valence-corrected chi connectivity index (χ1v) is 6.73. The molecule has 1 amide bonds. The lowest BCUT2D eigenvalue weighted by atomic mass is 10.1. The van der Waals surface area contributed by atoms with Crippen molar-refractivity contribution < 1.29 is 9.90 Å². The summed E-state index contributed by atoms with van der Waals surface area (Å²) in [6.07, 6.45) is 1.09. The number of benzene rings is 1. The van der Waals surface area contributed by atoms with Crippen LogP contribution in [0.5, 0.6) is 5.75 Å².